The number of fused-ring (bicyclic) bond motifs is 1. The Kier molecular flexibility index (Phi) is 7.70. The molecule has 6 heteroatoms. The van der Waals surface area contributed by atoms with Crippen LogP contribution in [-0.4, -0.2) is 0 Å². The maximum atomic E-state index is 13.3. The fraction of sp³-hybridized carbons (Fsp3) is 0.143. The Morgan fingerprint density at radius 3 is 2.80 bits per heavy atom. The van der Waals surface area contributed by atoms with E-state index in [1.807, 2.05) is 6.92 Å². The minimum Gasteiger partial charge on any atom is -0.663 e. The first kappa shape index (κ1) is 19.4. The zero-order valence-corrected chi connectivity index (χ0v) is 16.5. The van der Waals surface area contributed by atoms with Crippen molar-refractivity contribution in [2.75, 3.05) is 0 Å². The third-order valence-corrected chi connectivity index (χ3v) is 2.86. The van der Waals surface area contributed by atoms with Crippen molar-refractivity contribution in [3.63, 3.8) is 0 Å². The van der Waals surface area contributed by atoms with Gasteiger partial charge in [0.15, 0.2) is 0 Å². The van der Waals surface area contributed by atoms with Gasteiger partial charge in [0, 0.05) is 46.5 Å². The summed E-state index contributed by atoms with van der Waals surface area (Å²) < 4.78 is 18.7. The van der Waals surface area contributed by atoms with Crippen molar-refractivity contribution in [2.45, 2.75) is 13.3 Å². The minimum atomic E-state index is -0.264. The summed E-state index contributed by atoms with van der Waals surface area (Å²) in [5.74, 6) is 0.473. The molecule has 0 atom stereocenters. The van der Waals surface area contributed by atoms with Crippen LogP contribution >= 0.6 is 0 Å². The third-order valence-electron chi connectivity index (χ3n) is 2.86. The molecule has 0 spiro atoms. The van der Waals surface area contributed by atoms with Gasteiger partial charge in [-0.3, -0.25) is 0 Å². The number of nitrogens with one attached hydrogen (secondary N) is 1. The second kappa shape index (κ2) is 7.96. The number of benzene rings is 1. The Morgan fingerprint density at radius 2 is 2.10 bits per heavy atom. The molecule has 2 heterocycles. The maximum Gasteiger partial charge on any atom is 0.123 e. The minimum absolute atomic E-state index is 0. The summed E-state index contributed by atoms with van der Waals surface area (Å²) >= 11 is 0. The van der Waals surface area contributed by atoms with Crippen LogP contribution in [0.15, 0.2) is 30.1 Å². The Hall–Kier alpha value is -0.645. The molecule has 3 rings (SSSR count). The Balaban J connectivity index is 0.00000120. The molecule has 0 amide bonds. The smallest absolute Gasteiger partial charge is 0.123 e. The van der Waals surface area contributed by atoms with Crippen molar-refractivity contribution in [3.05, 3.63) is 55.6 Å². The molecule has 1 aliphatic rings. The average Bonchev–Trinajstić information content (AvgIpc) is 2.93. The van der Waals surface area contributed by atoms with E-state index >= 15 is 0 Å². The number of halogens is 1. The second-order valence-corrected chi connectivity index (χ2v) is 3.87. The van der Waals surface area contributed by atoms with Gasteiger partial charge in [0.2, 0.25) is 0 Å². The molecule has 0 saturated carbocycles. The van der Waals surface area contributed by atoms with Crippen molar-refractivity contribution in [2.24, 2.45) is 0 Å². The van der Waals surface area contributed by atoms with Gasteiger partial charge in [-0.05, 0) is 29.5 Å². The summed E-state index contributed by atoms with van der Waals surface area (Å²) in [5.41, 5.74) is 2.60. The van der Waals surface area contributed by atoms with Crippen molar-refractivity contribution in [3.8, 4) is 0 Å². The molecule has 3 nitrogen and oxygen atoms in total. The van der Waals surface area contributed by atoms with E-state index < -0.39 is 0 Å². The van der Waals surface area contributed by atoms with Crippen LogP contribution in [0.1, 0.15) is 18.9 Å². The molecule has 1 N–H and O–H groups in total. The van der Waals surface area contributed by atoms with Gasteiger partial charge in [-0.2, -0.15) is 6.20 Å². The topological polar surface area (TPSA) is 35.4 Å². The van der Waals surface area contributed by atoms with Gasteiger partial charge < -0.3 is 22.5 Å². The number of aromatic nitrogens is 1. The first-order chi connectivity index (χ1) is 8.29. The van der Waals surface area contributed by atoms with E-state index in [0.717, 1.165) is 34.3 Å². The molecule has 0 unspecified atom stereocenters. The molecule has 2 radical (unpaired) electrons. The fourth-order valence-electron chi connectivity index (χ4n) is 2.01. The summed E-state index contributed by atoms with van der Waals surface area (Å²) in [4.78, 5) is 4.25. The fourth-order valence-corrected chi connectivity index (χ4v) is 2.01. The normalized spacial score (nSPS) is 12.9. The Morgan fingerprint density at radius 1 is 1.35 bits per heavy atom. The summed E-state index contributed by atoms with van der Waals surface area (Å²) in [6.45, 7) is 3.57. The Bertz CT molecular complexity index is 610. The van der Waals surface area contributed by atoms with Crippen LogP contribution in [0.2, 0.25) is 0 Å². The zero-order chi connectivity index (χ0) is 11.8. The monoisotopic (exact) mass is 619 g/mol. The molecule has 0 aliphatic carbocycles. The average molecular weight is 618 g/mol. The summed E-state index contributed by atoms with van der Waals surface area (Å²) in [7, 11) is 0. The van der Waals surface area contributed by atoms with Crippen molar-refractivity contribution < 1.29 is 50.0 Å². The molecule has 1 aliphatic heterocycles. The second-order valence-electron chi connectivity index (χ2n) is 3.87. The SMILES string of the molecule is CCC1=C(c2c[n-]c3ccc(F)cc23)O[CH-]N1.[CH3-].[Re].[Re]. The zero-order valence-electron chi connectivity index (χ0n) is 11.1. The number of hydrogen-bond donors (Lipinski definition) is 1. The van der Waals surface area contributed by atoms with Crippen LogP contribution < -0.4 is 10.3 Å². The quantitative estimate of drug-likeness (QED) is 0.527. The van der Waals surface area contributed by atoms with Crippen LogP contribution in [-0.2, 0) is 45.6 Å². The molecule has 0 saturated heterocycles. The van der Waals surface area contributed by atoms with E-state index in [4.69, 9.17) is 4.74 Å². The largest absolute Gasteiger partial charge is 0.663 e. The molecule has 20 heavy (non-hydrogen) atoms. The van der Waals surface area contributed by atoms with E-state index in [2.05, 4.69) is 10.3 Å². The molecule has 0 bridgehead atoms. The van der Waals surface area contributed by atoms with Gasteiger partial charge in [-0.15, -0.1) is 5.52 Å². The number of rotatable bonds is 2. The summed E-state index contributed by atoms with van der Waals surface area (Å²) in [6.07, 6.45) is 2.55. The van der Waals surface area contributed by atoms with Gasteiger partial charge in [0.1, 0.15) is 11.6 Å². The number of hydrogen-bond acceptors (Lipinski definition) is 2. The Labute approximate surface area is 145 Å². The van der Waals surface area contributed by atoms with Crippen molar-refractivity contribution in [1.82, 2.24) is 10.3 Å². The van der Waals surface area contributed by atoms with Gasteiger partial charge in [0.25, 0.3) is 0 Å². The van der Waals surface area contributed by atoms with Gasteiger partial charge in [-0.25, -0.2) is 4.39 Å². The third kappa shape index (κ3) is 3.33. The standard InChI is InChI=1S/C13H11FN2O.CH3.2Re/c1-2-11-13(17-7-16-11)10-6-15-12-4-3-8(14)5-9(10)12;;;/h3-7,16H,2H2,1H3;1H3;;/q-2;-1;;. The molecular weight excluding hydrogens is 604 g/mol. The first-order valence-electron chi connectivity index (χ1n) is 5.49. The summed E-state index contributed by atoms with van der Waals surface area (Å²) in [6, 6.07) is 4.57. The molecule has 1 aromatic carbocycles. The van der Waals surface area contributed by atoms with Crippen LogP contribution in [0.5, 0.6) is 0 Å². The van der Waals surface area contributed by atoms with Crippen molar-refractivity contribution >= 4 is 16.7 Å². The van der Waals surface area contributed by atoms with E-state index in [1.165, 1.54) is 18.9 Å². The van der Waals surface area contributed by atoms with Gasteiger partial charge in [-0.1, -0.05) is 19.7 Å². The van der Waals surface area contributed by atoms with Crippen LogP contribution in [0, 0.1) is 20.0 Å². The van der Waals surface area contributed by atoms with E-state index in [-0.39, 0.29) is 54.1 Å². The summed E-state index contributed by atoms with van der Waals surface area (Å²) in [5, 5.41) is 3.82. The maximum absolute atomic E-state index is 13.3. The van der Waals surface area contributed by atoms with E-state index in [0.29, 0.717) is 0 Å². The molecular formula is C14H14FN2ORe2-3. The molecule has 1 aromatic heterocycles. The van der Waals surface area contributed by atoms with E-state index in [9.17, 15) is 4.39 Å². The first-order valence-corrected chi connectivity index (χ1v) is 5.49. The van der Waals surface area contributed by atoms with Crippen LogP contribution in [0.25, 0.3) is 16.7 Å². The predicted octanol–water partition coefficient (Wildman–Crippen LogP) is 3.20. The number of nitrogens with zero attached hydrogens (tertiary/aromatic N) is 1. The van der Waals surface area contributed by atoms with Gasteiger partial charge in [0.05, 0.1) is 0 Å². The van der Waals surface area contributed by atoms with Crippen LogP contribution in [0.3, 0.4) is 0 Å². The number of allylic oxidation sites excluding steroid dienone is 1. The van der Waals surface area contributed by atoms with Gasteiger partial charge >= 0.3 is 0 Å². The predicted molar refractivity (Wildman–Crippen MR) is 69.4 cm³/mol. The molecule has 2 aromatic rings. The van der Waals surface area contributed by atoms with Crippen LogP contribution in [0.4, 0.5) is 4.39 Å². The van der Waals surface area contributed by atoms with Crippen molar-refractivity contribution in [1.29, 1.82) is 0 Å². The molecule has 0 fully saturated rings. The number of ether oxygens (including phenoxy) is 1. The molecule has 110 valence electrons. The van der Waals surface area contributed by atoms with E-state index in [1.54, 1.807) is 12.3 Å².